The van der Waals surface area contributed by atoms with Gasteiger partial charge in [0.05, 0.1) is 6.61 Å². The zero-order valence-corrected chi connectivity index (χ0v) is 12.3. The lowest BCUT2D eigenvalue weighted by Crippen LogP contribution is -2.42. The SMILES string of the molecule is CCOC(=O)C(CCC(=O)O)NC(=O)OCc1ccccc1. The first kappa shape index (κ1) is 17.5. The number of alkyl carbamates (subject to hydrolysis) is 1. The third kappa shape index (κ3) is 6.74. The second-order valence-corrected chi connectivity index (χ2v) is 4.44. The molecule has 0 aromatic heterocycles. The Morgan fingerprint density at radius 2 is 1.86 bits per heavy atom. The van der Waals surface area contributed by atoms with Gasteiger partial charge in [0.25, 0.3) is 0 Å². The average Bonchev–Trinajstić information content (AvgIpc) is 2.50. The number of carboxylic acids is 1. The van der Waals surface area contributed by atoms with Crippen LogP contribution < -0.4 is 5.32 Å². The first-order valence-corrected chi connectivity index (χ1v) is 6.88. The largest absolute Gasteiger partial charge is 0.481 e. The molecule has 1 atom stereocenters. The molecule has 0 saturated carbocycles. The summed E-state index contributed by atoms with van der Waals surface area (Å²) in [7, 11) is 0. The lowest BCUT2D eigenvalue weighted by atomic mass is 10.1. The number of nitrogens with one attached hydrogen (secondary N) is 1. The van der Waals surface area contributed by atoms with Gasteiger partial charge in [-0.3, -0.25) is 4.79 Å². The van der Waals surface area contributed by atoms with Crippen molar-refractivity contribution >= 4 is 18.0 Å². The smallest absolute Gasteiger partial charge is 0.408 e. The lowest BCUT2D eigenvalue weighted by Gasteiger charge is -2.16. The minimum absolute atomic E-state index is 0.0567. The van der Waals surface area contributed by atoms with E-state index in [0.29, 0.717) is 0 Å². The minimum Gasteiger partial charge on any atom is -0.481 e. The molecule has 0 aliphatic rings. The monoisotopic (exact) mass is 309 g/mol. The summed E-state index contributed by atoms with van der Waals surface area (Å²) in [5, 5.41) is 11.0. The van der Waals surface area contributed by atoms with E-state index in [1.54, 1.807) is 19.1 Å². The van der Waals surface area contributed by atoms with Crippen LogP contribution in [-0.4, -0.2) is 35.8 Å². The van der Waals surface area contributed by atoms with E-state index < -0.39 is 24.1 Å². The molecule has 120 valence electrons. The number of carbonyl (C=O) groups excluding carboxylic acids is 2. The van der Waals surface area contributed by atoms with Gasteiger partial charge in [0.2, 0.25) is 0 Å². The molecule has 0 spiro atoms. The topological polar surface area (TPSA) is 102 Å². The van der Waals surface area contributed by atoms with E-state index in [1.807, 2.05) is 18.2 Å². The van der Waals surface area contributed by atoms with Gasteiger partial charge in [-0.05, 0) is 18.9 Å². The Morgan fingerprint density at radius 3 is 2.45 bits per heavy atom. The Balaban J connectivity index is 2.50. The molecule has 22 heavy (non-hydrogen) atoms. The van der Waals surface area contributed by atoms with E-state index in [0.717, 1.165) is 5.56 Å². The van der Waals surface area contributed by atoms with Crippen molar-refractivity contribution in [3.63, 3.8) is 0 Å². The predicted molar refractivity (Wildman–Crippen MR) is 77.1 cm³/mol. The molecule has 0 heterocycles. The van der Waals surface area contributed by atoms with Crippen LogP contribution in [0.25, 0.3) is 0 Å². The normalized spacial score (nSPS) is 11.3. The number of esters is 1. The molecule has 2 N–H and O–H groups in total. The van der Waals surface area contributed by atoms with Gasteiger partial charge in [-0.25, -0.2) is 9.59 Å². The van der Waals surface area contributed by atoms with Gasteiger partial charge in [-0.2, -0.15) is 0 Å². The molecule has 0 aliphatic heterocycles. The van der Waals surface area contributed by atoms with E-state index in [4.69, 9.17) is 14.6 Å². The second-order valence-electron chi connectivity index (χ2n) is 4.44. The van der Waals surface area contributed by atoms with Crippen molar-refractivity contribution in [2.24, 2.45) is 0 Å². The molecule has 1 unspecified atom stereocenters. The number of ether oxygens (including phenoxy) is 2. The van der Waals surface area contributed by atoms with Crippen molar-refractivity contribution in [3.8, 4) is 0 Å². The van der Waals surface area contributed by atoms with E-state index in [-0.39, 0.29) is 26.1 Å². The Bertz CT molecular complexity index is 502. The van der Waals surface area contributed by atoms with E-state index in [9.17, 15) is 14.4 Å². The van der Waals surface area contributed by atoms with Crippen LogP contribution in [0.1, 0.15) is 25.3 Å². The number of hydrogen-bond acceptors (Lipinski definition) is 5. The summed E-state index contributed by atoms with van der Waals surface area (Å²) in [6.07, 6.45) is -1.12. The molecule has 1 aromatic rings. The Labute approximate surface area is 128 Å². The molecule has 0 fully saturated rings. The highest BCUT2D eigenvalue weighted by atomic mass is 16.6. The summed E-state index contributed by atoms with van der Waals surface area (Å²) in [6.45, 7) is 1.82. The van der Waals surface area contributed by atoms with E-state index >= 15 is 0 Å². The molecular weight excluding hydrogens is 290 g/mol. The number of rotatable bonds is 8. The molecule has 0 radical (unpaired) electrons. The molecule has 1 aromatic carbocycles. The number of amides is 1. The summed E-state index contributed by atoms with van der Waals surface area (Å²) >= 11 is 0. The lowest BCUT2D eigenvalue weighted by molar-refractivity contribution is -0.146. The van der Waals surface area contributed by atoms with Crippen LogP contribution in [0.5, 0.6) is 0 Å². The van der Waals surface area contributed by atoms with Crippen molar-refractivity contribution in [1.82, 2.24) is 5.32 Å². The summed E-state index contributed by atoms with van der Waals surface area (Å²) in [6, 6.07) is 8.00. The highest BCUT2D eigenvalue weighted by Gasteiger charge is 2.23. The van der Waals surface area contributed by atoms with Crippen molar-refractivity contribution in [1.29, 1.82) is 0 Å². The van der Waals surface area contributed by atoms with Crippen molar-refractivity contribution < 1.29 is 29.0 Å². The first-order valence-electron chi connectivity index (χ1n) is 6.88. The van der Waals surface area contributed by atoms with Gasteiger partial charge >= 0.3 is 18.0 Å². The standard InChI is InChI=1S/C15H19NO6/c1-2-21-14(19)12(8-9-13(17)18)16-15(20)22-10-11-6-4-3-5-7-11/h3-7,12H,2,8-10H2,1H3,(H,16,20)(H,17,18). The average molecular weight is 309 g/mol. The van der Waals surface area contributed by atoms with Crippen molar-refractivity contribution in [2.45, 2.75) is 32.4 Å². The van der Waals surface area contributed by atoms with E-state index in [1.165, 1.54) is 0 Å². The molecule has 1 amide bonds. The third-order valence-electron chi connectivity index (χ3n) is 2.72. The number of hydrogen-bond donors (Lipinski definition) is 2. The van der Waals surface area contributed by atoms with Crippen LogP contribution in [-0.2, 0) is 25.7 Å². The summed E-state index contributed by atoms with van der Waals surface area (Å²) in [4.78, 5) is 34.0. The second kappa shape index (κ2) is 9.38. The van der Waals surface area contributed by atoms with Gasteiger partial charge in [-0.15, -0.1) is 0 Å². The maximum atomic E-state index is 11.7. The molecule has 0 saturated heterocycles. The molecule has 7 heteroatoms. The molecule has 7 nitrogen and oxygen atoms in total. The van der Waals surface area contributed by atoms with Crippen LogP contribution in [0.3, 0.4) is 0 Å². The zero-order valence-electron chi connectivity index (χ0n) is 12.3. The van der Waals surface area contributed by atoms with Gasteiger partial charge < -0.3 is 19.9 Å². The van der Waals surface area contributed by atoms with Crippen molar-refractivity contribution in [3.05, 3.63) is 35.9 Å². The van der Waals surface area contributed by atoms with Gasteiger partial charge in [0, 0.05) is 6.42 Å². The summed E-state index contributed by atoms with van der Waals surface area (Å²) in [5.74, 6) is -1.74. The maximum absolute atomic E-state index is 11.7. The van der Waals surface area contributed by atoms with Crippen LogP contribution in [0, 0.1) is 0 Å². The molecule has 0 aliphatic carbocycles. The fraction of sp³-hybridized carbons (Fsp3) is 0.400. The van der Waals surface area contributed by atoms with Crippen molar-refractivity contribution in [2.75, 3.05) is 6.61 Å². The van der Waals surface area contributed by atoms with Gasteiger partial charge in [-0.1, -0.05) is 30.3 Å². The van der Waals surface area contributed by atoms with Gasteiger partial charge in [0.15, 0.2) is 0 Å². The number of benzene rings is 1. The number of carbonyl (C=O) groups is 3. The summed E-state index contributed by atoms with van der Waals surface area (Å²) in [5.41, 5.74) is 0.802. The molecule has 1 rings (SSSR count). The number of aliphatic carboxylic acids is 1. The van der Waals surface area contributed by atoms with Gasteiger partial charge in [0.1, 0.15) is 12.6 Å². The Kier molecular flexibility index (Phi) is 7.45. The Hall–Kier alpha value is -2.57. The summed E-state index contributed by atoms with van der Waals surface area (Å²) < 4.78 is 9.79. The highest BCUT2D eigenvalue weighted by Crippen LogP contribution is 2.04. The Morgan fingerprint density at radius 1 is 1.18 bits per heavy atom. The zero-order chi connectivity index (χ0) is 16.4. The van der Waals surface area contributed by atoms with Crippen LogP contribution >= 0.6 is 0 Å². The quantitative estimate of drug-likeness (QED) is 0.709. The fourth-order valence-electron chi connectivity index (χ4n) is 1.67. The van der Waals surface area contributed by atoms with Crippen LogP contribution in [0.2, 0.25) is 0 Å². The highest BCUT2D eigenvalue weighted by molar-refractivity contribution is 5.82. The first-order chi connectivity index (χ1) is 10.5. The third-order valence-corrected chi connectivity index (χ3v) is 2.72. The minimum atomic E-state index is -1.06. The van der Waals surface area contributed by atoms with Crippen LogP contribution in [0.4, 0.5) is 4.79 Å². The van der Waals surface area contributed by atoms with E-state index in [2.05, 4.69) is 5.32 Å². The molecular formula is C15H19NO6. The van der Waals surface area contributed by atoms with Crippen LogP contribution in [0.15, 0.2) is 30.3 Å². The fourth-order valence-corrected chi connectivity index (χ4v) is 1.67. The molecule has 0 bridgehead atoms. The number of carboxylic acid groups (broad SMARTS) is 1. The maximum Gasteiger partial charge on any atom is 0.408 e. The predicted octanol–water partition coefficient (Wildman–Crippen LogP) is 1.71.